The van der Waals surface area contributed by atoms with Crippen molar-refractivity contribution in [2.45, 2.75) is 38.7 Å². The Labute approximate surface area is 162 Å². The summed E-state index contributed by atoms with van der Waals surface area (Å²) in [6.45, 7) is 0.543. The molecule has 3 nitrogen and oxygen atoms in total. The van der Waals surface area contributed by atoms with Crippen LogP contribution in [0.3, 0.4) is 0 Å². The summed E-state index contributed by atoms with van der Waals surface area (Å²) in [5, 5.41) is 0. The lowest BCUT2D eigenvalue weighted by molar-refractivity contribution is -0.122. The Hall–Kier alpha value is -2.55. The molecule has 1 saturated carbocycles. The zero-order valence-corrected chi connectivity index (χ0v) is 16.4. The number of hydrogen-bond donors (Lipinski definition) is 0. The van der Waals surface area contributed by atoms with Crippen molar-refractivity contribution in [3.8, 4) is 5.75 Å². The van der Waals surface area contributed by atoms with Crippen molar-refractivity contribution < 1.29 is 9.53 Å². The monoisotopic (exact) mass is 363 g/mol. The molecule has 0 N–H and O–H groups in total. The normalized spacial score (nSPS) is 15.4. The molecule has 1 amide bonds. The summed E-state index contributed by atoms with van der Waals surface area (Å²) >= 11 is 0. The SMILES string of the molecule is CN(C)C(=O)C(=CC1CCCCC1)c1ccc(OCc2ccccc2)cc1. The third-order valence-electron chi connectivity index (χ3n) is 5.10. The Morgan fingerprint density at radius 2 is 1.67 bits per heavy atom. The fourth-order valence-electron chi connectivity index (χ4n) is 3.54. The summed E-state index contributed by atoms with van der Waals surface area (Å²) in [4.78, 5) is 14.4. The van der Waals surface area contributed by atoms with Crippen molar-refractivity contribution in [1.82, 2.24) is 4.90 Å². The molecule has 0 aliphatic heterocycles. The molecule has 0 heterocycles. The smallest absolute Gasteiger partial charge is 0.253 e. The predicted molar refractivity (Wildman–Crippen MR) is 110 cm³/mol. The second-order valence-electron chi connectivity index (χ2n) is 7.48. The van der Waals surface area contributed by atoms with E-state index < -0.39 is 0 Å². The fraction of sp³-hybridized carbons (Fsp3) is 0.375. The van der Waals surface area contributed by atoms with Gasteiger partial charge in [-0.15, -0.1) is 0 Å². The minimum atomic E-state index is 0.0681. The van der Waals surface area contributed by atoms with Gasteiger partial charge in [-0.3, -0.25) is 4.79 Å². The zero-order chi connectivity index (χ0) is 19.1. The molecule has 0 bridgehead atoms. The first-order chi connectivity index (χ1) is 13.1. The molecule has 0 saturated heterocycles. The molecule has 3 rings (SSSR count). The van der Waals surface area contributed by atoms with Gasteiger partial charge in [-0.05, 0) is 42.0 Å². The molecular weight excluding hydrogens is 334 g/mol. The number of hydrogen-bond acceptors (Lipinski definition) is 2. The number of nitrogens with zero attached hydrogens (tertiary/aromatic N) is 1. The quantitative estimate of drug-likeness (QED) is 0.650. The Balaban J connectivity index is 1.74. The van der Waals surface area contributed by atoms with Gasteiger partial charge in [-0.25, -0.2) is 0 Å². The summed E-state index contributed by atoms with van der Waals surface area (Å²) in [5.74, 6) is 1.39. The van der Waals surface area contributed by atoms with Crippen LogP contribution in [0, 0.1) is 5.92 Å². The highest BCUT2D eigenvalue weighted by atomic mass is 16.5. The first kappa shape index (κ1) is 19.2. The standard InChI is InChI=1S/C24H29NO2/c1-25(2)24(26)23(17-19-9-5-3-6-10-19)21-13-15-22(16-14-21)27-18-20-11-7-4-8-12-20/h4,7-8,11-17,19H,3,5-6,9-10,18H2,1-2H3. The molecule has 0 radical (unpaired) electrons. The Kier molecular flexibility index (Phi) is 6.69. The number of ether oxygens (including phenoxy) is 1. The maximum absolute atomic E-state index is 12.7. The van der Waals surface area contributed by atoms with Gasteiger partial charge in [0.25, 0.3) is 5.91 Å². The summed E-state index contributed by atoms with van der Waals surface area (Å²) in [6.07, 6.45) is 8.40. The van der Waals surface area contributed by atoms with Gasteiger partial charge in [0.1, 0.15) is 12.4 Å². The summed E-state index contributed by atoms with van der Waals surface area (Å²) in [7, 11) is 3.63. The summed E-state index contributed by atoms with van der Waals surface area (Å²) < 4.78 is 5.87. The van der Waals surface area contributed by atoms with E-state index in [-0.39, 0.29) is 5.91 Å². The van der Waals surface area contributed by atoms with Crippen molar-refractivity contribution in [3.05, 3.63) is 71.8 Å². The lowest BCUT2D eigenvalue weighted by Crippen LogP contribution is -2.23. The number of carbonyl (C=O) groups is 1. The fourth-order valence-corrected chi connectivity index (χ4v) is 3.54. The van der Waals surface area contributed by atoms with Crippen LogP contribution in [0.1, 0.15) is 43.2 Å². The second-order valence-corrected chi connectivity index (χ2v) is 7.48. The van der Waals surface area contributed by atoms with E-state index in [9.17, 15) is 4.79 Å². The third kappa shape index (κ3) is 5.46. The van der Waals surface area contributed by atoms with Crippen LogP contribution in [-0.2, 0) is 11.4 Å². The molecular formula is C24H29NO2. The molecule has 0 spiro atoms. The van der Waals surface area contributed by atoms with E-state index in [0.717, 1.165) is 22.4 Å². The molecule has 0 atom stereocenters. The van der Waals surface area contributed by atoms with E-state index in [2.05, 4.69) is 18.2 Å². The minimum absolute atomic E-state index is 0.0681. The topological polar surface area (TPSA) is 29.5 Å². The highest BCUT2D eigenvalue weighted by Gasteiger charge is 2.18. The average molecular weight is 364 g/mol. The van der Waals surface area contributed by atoms with Crippen LogP contribution in [0.25, 0.3) is 5.57 Å². The van der Waals surface area contributed by atoms with Crippen molar-refractivity contribution in [3.63, 3.8) is 0 Å². The number of allylic oxidation sites excluding steroid dienone is 1. The molecule has 27 heavy (non-hydrogen) atoms. The van der Waals surface area contributed by atoms with E-state index in [0.29, 0.717) is 12.5 Å². The van der Waals surface area contributed by atoms with Gasteiger partial charge in [0.2, 0.25) is 0 Å². The van der Waals surface area contributed by atoms with Crippen LogP contribution in [0.2, 0.25) is 0 Å². The van der Waals surface area contributed by atoms with Gasteiger partial charge in [0.05, 0.1) is 0 Å². The van der Waals surface area contributed by atoms with E-state index in [1.54, 1.807) is 4.90 Å². The minimum Gasteiger partial charge on any atom is -0.489 e. The van der Waals surface area contributed by atoms with Gasteiger partial charge in [-0.2, -0.15) is 0 Å². The average Bonchev–Trinajstić information content (AvgIpc) is 2.72. The van der Waals surface area contributed by atoms with Crippen LogP contribution in [0.15, 0.2) is 60.7 Å². The lowest BCUT2D eigenvalue weighted by atomic mass is 9.86. The summed E-state index contributed by atoms with van der Waals surface area (Å²) in [6, 6.07) is 18.0. The maximum Gasteiger partial charge on any atom is 0.253 e. The number of carbonyl (C=O) groups excluding carboxylic acids is 1. The van der Waals surface area contributed by atoms with Gasteiger partial charge < -0.3 is 9.64 Å². The van der Waals surface area contributed by atoms with Gasteiger partial charge in [-0.1, -0.05) is 67.8 Å². The van der Waals surface area contributed by atoms with Crippen molar-refractivity contribution in [1.29, 1.82) is 0 Å². The molecule has 0 aromatic heterocycles. The van der Waals surface area contributed by atoms with Crippen LogP contribution in [0.5, 0.6) is 5.75 Å². The number of rotatable bonds is 6. The van der Waals surface area contributed by atoms with Crippen LogP contribution in [-0.4, -0.2) is 24.9 Å². The first-order valence-corrected chi connectivity index (χ1v) is 9.84. The molecule has 1 aliphatic rings. The van der Waals surface area contributed by atoms with E-state index in [1.807, 2.05) is 56.6 Å². The highest BCUT2D eigenvalue weighted by molar-refractivity contribution is 6.19. The van der Waals surface area contributed by atoms with E-state index in [1.165, 1.54) is 32.1 Å². The molecule has 2 aromatic rings. The Morgan fingerprint density at radius 3 is 2.30 bits per heavy atom. The molecule has 1 fully saturated rings. The molecule has 2 aromatic carbocycles. The van der Waals surface area contributed by atoms with Crippen LogP contribution < -0.4 is 4.74 Å². The Bertz CT molecular complexity index is 757. The van der Waals surface area contributed by atoms with E-state index in [4.69, 9.17) is 4.74 Å². The second kappa shape index (κ2) is 9.40. The maximum atomic E-state index is 12.7. The Morgan fingerprint density at radius 1 is 1.00 bits per heavy atom. The number of likely N-dealkylation sites (N-methyl/N-ethyl adjacent to an activating group) is 1. The van der Waals surface area contributed by atoms with Crippen molar-refractivity contribution >= 4 is 11.5 Å². The number of amides is 1. The zero-order valence-electron chi connectivity index (χ0n) is 16.4. The first-order valence-electron chi connectivity index (χ1n) is 9.84. The van der Waals surface area contributed by atoms with Crippen molar-refractivity contribution in [2.75, 3.05) is 14.1 Å². The van der Waals surface area contributed by atoms with Crippen LogP contribution in [0.4, 0.5) is 0 Å². The van der Waals surface area contributed by atoms with Crippen molar-refractivity contribution in [2.24, 2.45) is 5.92 Å². The third-order valence-corrected chi connectivity index (χ3v) is 5.10. The number of benzene rings is 2. The lowest BCUT2D eigenvalue weighted by Gasteiger charge is -2.21. The van der Waals surface area contributed by atoms with E-state index >= 15 is 0 Å². The molecule has 0 unspecified atom stereocenters. The predicted octanol–water partition coefficient (Wildman–Crippen LogP) is 5.32. The largest absolute Gasteiger partial charge is 0.489 e. The van der Waals surface area contributed by atoms with Gasteiger partial charge in [0.15, 0.2) is 0 Å². The van der Waals surface area contributed by atoms with Crippen LogP contribution >= 0.6 is 0 Å². The highest BCUT2D eigenvalue weighted by Crippen LogP contribution is 2.29. The molecule has 142 valence electrons. The van der Waals surface area contributed by atoms with Gasteiger partial charge in [0, 0.05) is 19.7 Å². The molecule has 3 heteroatoms. The molecule has 1 aliphatic carbocycles. The van der Waals surface area contributed by atoms with Gasteiger partial charge >= 0.3 is 0 Å². The summed E-state index contributed by atoms with van der Waals surface area (Å²) in [5.41, 5.74) is 2.91.